The molecule has 0 spiro atoms. The normalized spacial score (nSPS) is 11.2. The number of amides is 2. The van der Waals surface area contributed by atoms with Gasteiger partial charge in [-0.2, -0.15) is 13.2 Å². The van der Waals surface area contributed by atoms with E-state index in [0.29, 0.717) is 11.3 Å². The number of hydrogen-bond donors (Lipinski definition) is 2. The van der Waals surface area contributed by atoms with Gasteiger partial charge in [0.2, 0.25) is 0 Å². The van der Waals surface area contributed by atoms with Crippen LogP contribution in [0.4, 0.5) is 23.7 Å². The van der Waals surface area contributed by atoms with Gasteiger partial charge in [-0.1, -0.05) is 35.3 Å². The Morgan fingerprint density at radius 2 is 1.65 bits per heavy atom. The van der Waals surface area contributed by atoms with Crippen molar-refractivity contribution in [2.45, 2.75) is 12.7 Å². The van der Waals surface area contributed by atoms with Gasteiger partial charge in [0, 0.05) is 12.2 Å². The number of nitrogens with zero attached hydrogens (tertiary/aromatic N) is 1. The van der Waals surface area contributed by atoms with Gasteiger partial charge in [0.05, 0.1) is 5.56 Å². The van der Waals surface area contributed by atoms with Crippen LogP contribution in [0.15, 0.2) is 36.4 Å². The Bertz CT molecular complexity index is 685. The molecular formula is C14H10Cl2F3N3O. The molecule has 2 rings (SSSR count). The van der Waals surface area contributed by atoms with Crippen molar-refractivity contribution in [1.82, 2.24) is 10.3 Å². The maximum Gasteiger partial charge on any atom is 0.416 e. The van der Waals surface area contributed by atoms with Crippen molar-refractivity contribution >= 4 is 34.9 Å². The third-order valence-corrected chi connectivity index (χ3v) is 3.14. The highest BCUT2D eigenvalue weighted by molar-refractivity contribution is 6.32. The summed E-state index contributed by atoms with van der Waals surface area (Å²) in [7, 11) is 0. The highest BCUT2D eigenvalue weighted by Crippen LogP contribution is 2.29. The predicted molar refractivity (Wildman–Crippen MR) is 81.6 cm³/mol. The van der Waals surface area contributed by atoms with E-state index in [2.05, 4.69) is 15.6 Å². The van der Waals surface area contributed by atoms with Crippen LogP contribution in [0.1, 0.15) is 11.1 Å². The lowest BCUT2D eigenvalue weighted by molar-refractivity contribution is -0.137. The number of nitrogens with one attached hydrogen (secondary N) is 2. The summed E-state index contributed by atoms with van der Waals surface area (Å²) in [5.74, 6) is 0. The highest BCUT2D eigenvalue weighted by atomic mass is 35.5. The van der Waals surface area contributed by atoms with E-state index in [9.17, 15) is 18.0 Å². The topological polar surface area (TPSA) is 54.0 Å². The van der Waals surface area contributed by atoms with Crippen molar-refractivity contribution in [2.24, 2.45) is 0 Å². The molecule has 2 amide bonds. The number of hydrogen-bond acceptors (Lipinski definition) is 2. The van der Waals surface area contributed by atoms with Crippen molar-refractivity contribution in [2.75, 3.05) is 5.32 Å². The maximum atomic E-state index is 12.4. The number of anilines is 1. The molecule has 0 atom stereocenters. The standard InChI is InChI=1S/C14H10Cl2F3N3O/c15-11-5-10(6-12(16)22-11)21-13(23)20-7-8-1-3-9(4-2-8)14(17,18)19/h1-6H,7H2,(H2,20,21,22,23). The Morgan fingerprint density at radius 3 is 2.17 bits per heavy atom. The van der Waals surface area contributed by atoms with Crippen LogP contribution in [0.2, 0.25) is 10.3 Å². The lowest BCUT2D eigenvalue weighted by atomic mass is 10.1. The van der Waals surface area contributed by atoms with Gasteiger partial charge in [-0.25, -0.2) is 9.78 Å². The lowest BCUT2D eigenvalue weighted by Gasteiger charge is -2.10. The first-order valence-electron chi connectivity index (χ1n) is 6.28. The van der Waals surface area contributed by atoms with Crippen molar-refractivity contribution < 1.29 is 18.0 Å². The second kappa shape index (κ2) is 7.06. The molecule has 0 saturated carbocycles. The van der Waals surface area contributed by atoms with Crippen LogP contribution in [0.25, 0.3) is 0 Å². The Hall–Kier alpha value is -1.99. The zero-order valence-electron chi connectivity index (χ0n) is 11.4. The van der Waals surface area contributed by atoms with Gasteiger partial charge in [0.1, 0.15) is 10.3 Å². The number of pyridine rings is 1. The number of carbonyl (C=O) groups is 1. The average Bonchev–Trinajstić information content (AvgIpc) is 2.43. The van der Waals surface area contributed by atoms with Gasteiger partial charge < -0.3 is 10.6 Å². The molecule has 0 bridgehead atoms. The van der Waals surface area contributed by atoms with Crippen LogP contribution in [-0.4, -0.2) is 11.0 Å². The third-order valence-electron chi connectivity index (χ3n) is 2.76. The quantitative estimate of drug-likeness (QED) is 0.774. The molecule has 2 N–H and O–H groups in total. The van der Waals surface area contributed by atoms with E-state index in [1.165, 1.54) is 24.3 Å². The number of urea groups is 1. The van der Waals surface area contributed by atoms with Crippen LogP contribution >= 0.6 is 23.2 Å². The highest BCUT2D eigenvalue weighted by Gasteiger charge is 2.29. The van der Waals surface area contributed by atoms with Crippen LogP contribution in [0, 0.1) is 0 Å². The van der Waals surface area contributed by atoms with Gasteiger partial charge in [-0.3, -0.25) is 0 Å². The first-order valence-corrected chi connectivity index (χ1v) is 7.04. The van der Waals surface area contributed by atoms with E-state index in [-0.39, 0.29) is 16.9 Å². The van der Waals surface area contributed by atoms with E-state index in [4.69, 9.17) is 23.2 Å². The number of rotatable bonds is 3. The van der Waals surface area contributed by atoms with Crippen molar-refractivity contribution in [3.8, 4) is 0 Å². The number of halogens is 5. The third kappa shape index (κ3) is 5.30. The molecule has 1 aromatic heterocycles. The van der Waals surface area contributed by atoms with Crippen molar-refractivity contribution in [3.05, 3.63) is 57.8 Å². The molecule has 0 fully saturated rings. The van der Waals surface area contributed by atoms with E-state index in [0.717, 1.165) is 12.1 Å². The van der Waals surface area contributed by atoms with Crippen LogP contribution in [-0.2, 0) is 12.7 Å². The average molecular weight is 364 g/mol. The van der Waals surface area contributed by atoms with Crippen molar-refractivity contribution in [3.63, 3.8) is 0 Å². The lowest BCUT2D eigenvalue weighted by Crippen LogP contribution is -2.28. The Kier molecular flexibility index (Phi) is 5.33. The van der Waals surface area contributed by atoms with Gasteiger partial charge in [-0.05, 0) is 29.8 Å². The molecule has 0 aliphatic carbocycles. The smallest absolute Gasteiger partial charge is 0.334 e. The van der Waals surface area contributed by atoms with Crippen LogP contribution in [0.5, 0.6) is 0 Å². The molecule has 0 aliphatic heterocycles. The predicted octanol–water partition coefficient (Wildman–Crippen LogP) is 4.73. The fourth-order valence-corrected chi connectivity index (χ4v) is 2.17. The fraction of sp³-hybridized carbons (Fsp3) is 0.143. The molecular weight excluding hydrogens is 354 g/mol. The molecule has 0 saturated heterocycles. The molecule has 4 nitrogen and oxygen atoms in total. The summed E-state index contributed by atoms with van der Waals surface area (Å²) >= 11 is 11.4. The molecule has 23 heavy (non-hydrogen) atoms. The minimum Gasteiger partial charge on any atom is -0.334 e. The summed E-state index contributed by atoms with van der Waals surface area (Å²) in [6, 6.07) is 6.76. The molecule has 0 radical (unpaired) electrons. The summed E-state index contributed by atoms with van der Waals surface area (Å²) in [6.07, 6.45) is -4.39. The van der Waals surface area contributed by atoms with E-state index in [1.54, 1.807) is 0 Å². The first-order chi connectivity index (χ1) is 10.7. The van der Waals surface area contributed by atoms with E-state index < -0.39 is 17.8 Å². The van der Waals surface area contributed by atoms with Gasteiger partial charge >= 0.3 is 12.2 Å². The van der Waals surface area contributed by atoms with Crippen LogP contribution < -0.4 is 10.6 Å². The summed E-state index contributed by atoms with van der Waals surface area (Å²) in [6.45, 7) is 0.0660. The number of alkyl halides is 3. The zero-order valence-corrected chi connectivity index (χ0v) is 12.9. The van der Waals surface area contributed by atoms with Gasteiger partial charge in [0.25, 0.3) is 0 Å². The Labute approximate surface area is 139 Å². The summed E-state index contributed by atoms with van der Waals surface area (Å²) < 4.78 is 37.3. The van der Waals surface area contributed by atoms with Gasteiger partial charge in [0.15, 0.2) is 0 Å². The SMILES string of the molecule is O=C(NCc1ccc(C(F)(F)F)cc1)Nc1cc(Cl)nc(Cl)c1. The van der Waals surface area contributed by atoms with E-state index in [1.807, 2.05) is 0 Å². The second-order valence-corrected chi connectivity index (χ2v) is 5.28. The first kappa shape index (κ1) is 17.4. The second-order valence-electron chi connectivity index (χ2n) is 4.50. The molecule has 1 heterocycles. The zero-order chi connectivity index (χ0) is 17.0. The Balaban J connectivity index is 1.91. The molecule has 122 valence electrons. The number of aromatic nitrogens is 1. The number of carbonyl (C=O) groups excluding carboxylic acids is 1. The minimum atomic E-state index is -4.39. The monoisotopic (exact) mass is 363 g/mol. The van der Waals surface area contributed by atoms with E-state index >= 15 is 0 Å². The molecule has 0 aliphatic rings. The molecule has 9 heteroatoms. The molecule has 0 unspecified atom stereocenters. The maximum absolute atomic E-state index is 12.4. The summed E-state index contributed by atoms with van der Waals surface area (Å²) in [5.41, 5.74) is 0.130. The molecule has 2 aromatic rings. The largest absolute Gasteiger partial charge is 0.416 e. The fourth-order valence-electron chi connectivity index (χ4n) is 1.71. The minimum absolute atomic E-state index is 0.0660. The molecule has 1 aromatic carbocycles. The van der Waals surface area contributed by atoms with Crippen LogP contribution in [0.3, 0.4) is 0 Å². The summed E-state index contributed by atoms with van der Waals surface area (Å²) in [5, 5.41) is 5.24. The van der Waals surface area contributed by atoms with Gasteiger partial charge in [-0.15, -0.1) is 0 Å². The Morgan fingerprint density at radius 1 is 1.09 bits per heavy atom. The summed E-state index contributed by atoms with van der Waals surface area (Å²) in [4.78, 5) is 15.5. The number of benzene rings is 1. The van der Waals surface area contributed by atoms with Crippen molar-refractivity contribution in [1.29, 1.82) is 0 Å².